The number of aliphatic hydroxyl groups is 1. The molecule has 0 bridgehead atoms. The van der Waals surface area contributed by atoms with Gasteiger partial charge in [-0.2, -0.15) is 0 Å². The van der Waals surface area contributed by atoms with Crippen molar-refractivity contribution in [3.63, 3.8) is 0 Å². The minimum atomic E-state index is -0.875. The van der Waals surface area contributed by atoms with Crippen LogP contribution in [0.2, 0.25) is 0 Å². The molecular weight excluding hydrogens is 250 g/mol. The molecule has 0 radical (unpaired) electrons. The topological polar surface area (TPSA) is 41.5 Å². The van der Waals surface area contributed by atoms with Crippen LogP contribution in [0, 0.1) is 0 Å². The summed E-state index contributed by atoms with van der Waals surface area (Å²) in [7, 11) is 1.66. The molecule has 0 amide bonds. The van der Waals surface area contributed by atoms with Gasteiger partial charge in [0.15, 0.2) is 0 Å². The second-order valence-electron chi connectivity index (χ2n) is 5.09. The van der Waals surface area contributed by atoms with Crippen LogP contribution in [0.5, 0.6) is 5.75 Å². The Hall–Kier alpha value is -1.84. The zero-order valence-corrected chi connectivity index (χ0v) is 12.0. The second-order valence-corrected chi connectivity index (χ2v) is 5.09. The van der Waals surface area contributed by atoms with E-state index in [1.807, 2.05) is 61.5 Å². The van der Waals surface area contributed by atoms with Gasteiger partial charge in [-0.25, -0.2) is 0 Å². The van der Waals surface area contributed by atoms with Gasteiger partial charge >= 0.3 is 0 Å². The number of ether oxygens (including phenoxy) is 1. The smallest absolute Gasteiger partial charge is 0.119 e. The molecule has 0 heterocycles. The summed E-state index contributed by atoms with van der Waals surface area (Å²) in [6, 6.07) is 17.6. The molecule has 3 nitrogen and oxygen atoms in total. The summed E-state index contributed by atoms with van der Waals surface area (Å²) in [6.07, 6.45) is 0. The van der Waals surface area contributed by atoms with Crippen LogP contribution in [0.3, 0.4) is 0 Å². The molecule has 1 unspecified atom stereocenters. The molecule has 0 aliphatic heterocycles. The molecule has 106 valence electrons. The fourth-order valence-corrected chi connectivity index (χ4v) is 2.13. The standard InChI is InChI=1S/C17H21NO2/c1-17(19,15-8-4-3-5-9-15)13-18-12-14-7-6-10-16(11-14)20-2/h3-11,18-19H,12-13H2,1-2H3. The van der Waals surface area contributed by atoms with Crippen LogP contribution >= 0.6 is 0 Å². The van der Waals surface area contributed by atoms with Crippen molar-refractivity contribution in [2.24, 2.45) is 0 Å². The highest BCUT2D eigenvalue weighted by molar-refractivity contribution is 5.28. The number of hydrogen-bond acceptors (Lipinski definition) is 3. The van der Waals surface area contributed by atoms with Gasteiger partial charge in [0.1, 0.15) is 5.75 Å². The van der Waals surface area contributed by atoms with Gasteiger partial charge < -0.3 is 15.2 Å². The number of hydrogen-bond donors (Lipinski definition) is 2. The third-order valence-corrected chi connectivity index (χ3v) is 3.33. The van der Waals surface area contributed by atoms with Crippen molar-refractivity contribution in [2.45, 2.75) is 19.1 Å². The third-order valence-electron chi connectivity index (χ3n) is 3.33. The van der Waals surface area contributed by atoms with Crippen molar-refractivity contribution in [3.05, 3.63) is 65.7 Å². The predicted molar refractivity (Wildman–Crippen MR) is 80.7 cm³/mol. The Morgan fingerprint density at radius 3 is 2.55 bits per heavy atom. The monoisotopic (exact) mass is 271 g/mol. The summed E-state index contributed by atoms with van der Waals surface area (Å²) in [6.45, 7) is 3.01. The van der Waals surface area contributed by atoms with Gasteiger partial charge in [-0.3, -0.25) is 0 Å². The normalized spacial score (nSPS) is 13.8. The van der Waals surface area contributed by atoms with E-state index in [-0.39, 0.29) is 0 Å². The molecule has 0 aliphatic rings. The first kappa shape index (κ1) is 14.6. The minimum absolute atomic E-state index is 0.494. The summed E-state index contributed by atoms with van der Waals surface area (Å²) in [5, 5.41) is 13.8. The Balaban J connectivity index is 1.92. The quantitative estimate of drug-likeness (QED) is 0.849. The molecule has 2 rings (SSSR count). The van der Waals surface area contributed by atoms with E-state index in [4.69, 9.17) is 4.74 Å². The first-order valence-corrected chi connectivity index (χ1v) is 6.73. The molecule has 20 heavy (non-hydrogen) atoms. The first-order chi connectivity index (χ1) is 9.62. The maximum Gasteiger partial charge on any atom is 0.119 e. The summed E-state index contributed by atoms with van der Waals surface area (Å²) in [5.74, 6) is 0.846. The molecule has 2 aromatic carbocycles. The average molecular weight is 271 g/mol. The Labute approximate surface area is 120 Å². The molecule has 1 atom stereocenters. The van der Waals surface area contributed by atoms with Crippen molar-refractivity contribution in [3.8, 4) is 5.75 Å². The molecule has 2 N–H and O–H groups in total. The highest BCUT2D eigenvalue weighted by atomic mass is 16.5. The van der Waals surface area contributed by atoms with Crippen LogP contribution in [0.1, 0.15) is 18.1 Å². The number of methoxy groups -OCH3 is 1. The minimum Gasteiger partial charge on any atom is -0.497 e. The largest absolute Gasteiger partial charge is 0.497 e. The maximum atomic E-state index is 10.5. The van der Waals surface area contributed by atoms with Crippen molar-refractivity contribution < 1.29 is 9.84 Å². The van der Waals surface area contributed by atoms with Gasteiger partial charge in [-0.1, -0.05) is 42.5 Å². The van der Waals surface area contributed by atoms with E-state index in [0.29, 0.717) is 13.1 Å². The number of benzene rings is 2. The molecule has 0 aliphatic carbocycles. The Bertz CT molecular complexity index is 538. The summed E-state index contributed by atoms with van der Waals surface area (Å²) in [4.78, 5) is 0. The molecular formula is C17H21NO2. The van der Waals surface area contributed by atoms with E-state index >= 15 is 0 Å². The van der Waals surface area contributed by atoms with Gasteiger partial charge in [0, 0.05) is 13.1 Å². The molecule has 0 fully saturated rings. The van der Waals surface area contributed by atoms with Crippen LogP contribution in [-0.4, -0.2) is 18.8 Å². The van der Waals surface area contributed by atoms with Gasteiger partial charge in [0.05, 0.1) is 12.7 Å². The van der Waals surface area contributed by atoms with Crippen LogP contribution in [0.25, 0.3) is 0 Å². The Kier molecular flexibility index (Phi) is 4.77. The van der Waals surface area contributed by atoms with Crippen molar-refractivity contribution >= 4 is 0 Å². The summed E-state index contributed by atoms with van der Waals surface area (Å²) < 4.78 is 5.19. The zero-order chi connectivity index (χ0) is 14.4. The van der Waals surface area contributed by atoms with Gasteiger partial charge in [-0.15, -0.1) is 0 Å². The Morgan fingerprint density at radius 2 is 1.85 bits per heavy atom. The zero-order valence-electron chi connectivity index (χ0n) is 12.0. The lowest BCUT2D eigenvalue weighted by Gasteiger charge is -2.24. The van der Waals surface area contributed by atoms with Crippen molar-refractivity contribution in [2.75, 3.05) is 13.7 Å². The van der Waals surface area contributed by atoms with Crippen LogP contribution < -0.4 is 10.1 Å². The van der Waals surface area contributed by atoms with E-state index in [2.05, 4.69) is 5.32 Å². The number of nitrogens with one attached hydrogen (secondary N) is 1. The van der Waals surface area contributed by atoms with E-state index in [1.54, 1.807) is 7.11 Å². The second kappa shape index (κ2) is 6.55. The SMILES string of the molecule is COc1cccc(CNCC(C)(O)c2ccccc2)c1. The number of rotatable bonds is 6. The van der Waals surface area contributed by atoms with Gasteiger partial charge in [-0.05, 0) is 30.2 Å². The van der Waals surface area contributed by atoms with Gasteiger partial charge in [0.2, 0.25) is 0 Å². The fraction of sp³-hybridized carbons (Fsp3) is 0.294. The van der Waals surface area contributed by atoms with Crippen LogP contribution in [-0.2, 0) is 12.1 Å². The molecule has 0 saturated heterocycles. The lowest BCUT2D eigenvalue weighted by atomic mass is 9.96. The molecule has 0 aromatic heterocycles. The average Bonchev–Trinajstić information content (AvgIpc) is 2.48. The first-order valence-electron chi connectivity index (χ1n) is 6.73. The van der Waals surface area contributed by atoms with E-state index < -0.39 is 5.60 Å². The maximum absolute atomic E-state index is 10.5. The molecule has 0 spiro atoms. The van der Waals surface area contributed by atoms with Crippen molar-refractivity contribution in [1.82, 2.24) is 5.32 Å². The van der Waals surface area contributed by atoms with E-state index in [1.165, 1.54) is 0 Å². The lowest BCUT2D eigenvalue weighted by Crippen LogP contribution is -2.35. The molecule has 3 heteroatoms. The molecule has 0 saturated carbocycles. The summed E-state index contributed by atoms with van der Waals surface area (Å²) in [5.41, 5.74) is 1.17. The summed E-state index contributed by atoms with van der Waals surface area (Å²) >= 11 is 0. The predicted octanol–water partition coefficient (Wildman–Crippen LogP) is 2.69. The molecule has 2 aromatic rings. The fourth-order valence-electron chi connectivity index (χ4n) is 2.13. The van der Waals surface area contributed by atoms with Crippen LogP contribution in [0.4, 0.5) is 0 Å². The lowest BCUT2D eigenvalue weighted by molar-refractivity contribution is 0.0567. The van der Waals surface area contributed by atoms with E-state index in [9.17, 15) is 5.11 Å². The van der Waals surface area contributed by atoms with Crippen LogP contribution in [0.15, 0.2) is 54.6 Å². The third kappa shape index (κ3) is 3.83. The highest BCUT2D eigenvalue weighted by Crippen LogP contribution is 2.19. The highest BCUT2D eigenvalue weighted by Gasteiger charge is 2.21. The Morgan fingerprint density at radius 1 is 1.10 bits per heavy atom. The van der Waals surface area contributed by atoms with E-state index in [0.717, 1.165) is 16.9 Å². The van der Waals surface area contributed by atoms with Gasteiger partial charge in [0.25, 0.3) is 0 Å². The van der Waals surface area contributed by atoms with Crippen molar-refractivity contribution in [1.29, 1.82) is 0 Å².